The molecule has 4 fully saturated rings. The first-order valence-electron chi connectivity index (χ1n) is 19.2. The van der Waals surface area contributed by atoms with E-state index >= 15 is 0 Å². The molecule has 0 bridgehead atoms. The van der Waals surface area contributed by atoms with Crippen LogP contribution in [0.1, 0.15) is 125 Å². The first-order chi connectivity index (χ1) is 22.4. The summed E-state index contributed by atoms with van der Waals surface area (Å²) in [6, 6.07) is 15.2. The van der Waals surface area contributed by atoms with Crippen LogP contribution in [-0.2, 0) is 12.8 Å². The summed E-state index contributed by atoms with van der Waals surface area (Å²) in [6.07, 6.45) is 18.9. The molecule has 10 atom stereocenters. The molecule has 46 heavy (non-hydrogen) atoms. The van der Waals surface area contributed by atoms with Gasteiger partial charge in [0.15, 0.2) is 0 Å². The van der Waals surface area contributed by atoms with Crippen LogP contribution in [0, 0.1) is 34.5 Å². The molecule has 0 aliphatic heterocycles. The molecule has 2 N–H and O–H groups in total. The molecule has 0 unspecified atom stereocenters. The van der Waals surface area contributed by atoms with Gasteiger partial charge in [-0.15, -0.1) is 0 Å². The van der Waals surface area contributed by atoms with Crippen LogP contribution in [0.2, 0.25) is 0 Å². The first-order valence-corrected chi connectivity index (χ1v) is 19.2. The largest absolute Gasteiger partial charge is 0.497 e. The third kappa shape index (κ3) is 5.15. The molecule has 2 aromatic carbocycles. The van der Waals surface area contributed by atoms with Crippen LogP contribution in [0.25, 0.3) is 0 Å². The van der Waals surface area contributed by atoms with Crippen LogP contribution in [0.5, 0.6) is 11.5 Å². The molecule has 4 saturated carbocycles. The van der Waals surface area contributed by atoms with Crippen molar-refractivity contribution in [2.75, 3.05) is 27.3 Å². The standard InChI is InChI=1S/C42H60N2O2/c1-41-21-19-33-31-13-9-29(45-3)25-27(31)7-11-35(33)37(41)15-17-39(41)43-23-5-6-24-44-40-18-16-38-36-12-8-28-26-30(46-4)10-14-32(28)34(36)20-22-42(38,40)2/h9-10,13-14,25-26,33-40,43-44H,5-8,11-12,15-24H2,1-4H3/t33-,34-,35-,36-,37+,38+,39+,40+,41+,42+/m1/s1. The molecule has 0 heterocycles. The molecule has 6 aliphatic carbocycles. The minimum atomic E-state index is 0.474. The fourth-order valence-corrected chi connectivity index (χ4v) is 12.8. The van der Waals surface area contributed by atoms with E-state index in [2.05, 4.69) is 60.9 Å². The Morgan fingerprint density at radius 2 is 1.07 bits per heavy atom. The zero-order chi connectivity index (χ0) is 31.5. The molecule has 6 aliphatic rings. The highest BCUT2D eigenvalue weighted by Crippen LogP contribution is 2.62. The normalized spacial score (nSPS) is 39.0. The van der Waals surface area contributed by atoms with Crippen molar-refractivity contribution in [3.63, 3.8) is 0 Å². The van der Waals surface area contributed by atoms with E-state index in [0.29, 0.717) is 22.9 Å². The van der Waals surface area contributed by atoms with E-state index < -0.39 is 0 Å². The molecule has 0 saturated heterocycles. The zero-order valence-electron chi connectivity index (χ0n) is 29.2. The van der Waals surface area contributed by atoms with Gasteiger partial charge in [-0.25, -0.2) is 0 Å². The van der Waals surface area contributed by atoms with Crippen molar-refractivity contribution in [1.82, 2.24) is 10.6 Å². The van der Waals surface area contributed by atoms with E-state index in [-0.39, 0.29) is 0 Å². The zero-order valence-corrected chi connectivity index (χ0v) is 29.2. The molecule has 4 heteroatoms. The molecule has 0 aromatic heterocycles. The third-order valence-corrected chi connectivity index (χ3v) is 15.3. The molecule has 2 aromatic rings. The molecule has 0 amide bonds. The van der Waals surface area contributed by atoms with Gasteiger partial charge in [-0.3, -0.25) is 0 Å². The van der Waals surface area contributed by atoms with Gasteiger partial charge < -0.3 is 20.1 Å². The maximum Gasteiger partial charge on any atom is 0.119 e. The lowest BCUT2D eigenvalue weighted by atomic mass is 9.55. The molecule has 8 rings (SSSR count). The number of hydrogen-bond acceptors (Lipinski definition) is 4. The van der Waals surface area contributed by atoms with Crippen LogP contribution in [-0.4, -0.2) is 39.4 Å². The smallest absolute Gasteiger partial charge is 0.119 e. The highest BCUT2D eigenvalue weighted by atomic mass is 16.5. The van der Waals surface area contributed by atoms with Crippen molar-refractivity contribution < 1.29 is 9.47 Å². The van der Waals surface area contributed by atoms with E-state index in [0.717, 1.165) is 47.0 Å². The molecule has 0 spiro atoms. The maximum atomic E-state index is 5.55. The highest BCUT2D eigenvalue weighted by Gasteiger charge is 2.56. The van der Waals surface area contributed by atoms with Crippen LogP contribution >= 0.6 is 0 Å². The van der Waals surface area contributed by atoms with Gasteiger partial charge in [0.2, 0.25) is 0 Å². The number of ether oxygens (including phenoxy) is 2. The number of nitrogens with one attached hydrogen (secondary N) is 2. The Hall–Kier alpha value is -2.04. The third-order valence-electron chi connectivity index (χ3n) is 15.3. The average molecular weight is 625 g/mol. The maximum absolute atomic E-state index is 5.55. The second kappa shape index (κ2) is 12.4. The van der Waals surface area contributed by atoms with Crippen molar-refractivity contribution in [1.29, 1.82) is 0 Å². The van der Waals surface area contributed by atoms with Gasteiger partial charge in [0.1, 0.15) is 11.5 Å². The van der Waals surface area contributed by atoms with Crippen molar-refractivity contribution in [2.45, 2.75) is 128 Å². The number of benzene rings is 2. The fourth-order valence-electron chi connectivity index (χ4n) is 12.8. The predicted octanol–water partition coefficient (Wildman–Crippen LogP) is 8.81. The van der Waals surface area contributed by atoms with Gasteiger partial charge in [0.25, 0.3) is 0 Å². The van der Waals surface area contributed by atoms with Gasteiger partial charge in [-0.05, 0) is 196 Å². The lowest BCUT2D eigenvalue weighted by Crippen LogP contribution is -2.49. The summed E-state index contributed by atoms with van der Waals surface area (Å²) in [6.45, 7) is 7.67. The minimum Gasteiger partial charge on any atom is -0.497 e. The van der Waals surface area contributed by atoms with Gasteiger partial charge in [-0.1, -0.05) is 26.0 Å². The van der Waals surface area contributed by atoms with Gasteiger partial charge >= 0.3 is 0 Å². The number of hydrogen-bond donors (Lipinski definition) is 2. The van der Waals surface area contributed by atoms with Crippen LogP contribution in [0.3, 0.4) is 0 Å². The van der Waals surface area contributed by atoms with E-state index in [1.54, 1.807) is 36.5 Å². The van der Waals surface area contributed by atoms with Crippen molar-refractivity contribution in [2.24, 2.45) is 34.5 Å². The summed E-state index contributed by atoms with van der Waals surface area (Å²) in [4.78, 5) is 0. The summed E-state index contributed by atoms with van der Waals surface area (Å²) < 4.78 is 11.1. The topological polar surface area (TPSA) is 42.5 Å². The lowest BCUT2D eigenvalue weighted by molar-refractivity contribution is 0.0403. The monoisotopic (exact) mass is 624 g/mol. The summed E-state index contributed by atoms with van der Waals surface area (Å²) in [5.74, 6) is 7.09. The highest BCUT2D eigenvalue weighted by molar-refractivity contribution is 5.42. The Bertz CT molecular complexity index is 1300. The predicted molar refractivity (Wildman–Crippen MR) is 188 cm³/mol. The summed E-state index contributed by atoms with van der Waals surface area (Å²) in [5, 5.41) is 8.25. The van der Waals surface area contributed by atoms with Crippen LogP contribution in [0.15, 0.2) is 36.4 Å². The molecular formula is C42H60N2O2. The Morgan fingerprint density at radius 1 is 0.609 bits per heavy atom. The molecule has 250 valence electrons. The van der Waals surface area contributed by atoms with E-state index in [9.17, 15) is 0 Å². The molecular weight excluding hydrogens is 564 g/mol. The summed E-state index contributed by atoms with van der Waals surface area (Å²) >= 11 is 0. The summed E-state index contributed by atoms with van der Waals surface area (Å²) in [5.41, 5.74) is 7.35. The first kappa shape index (κ1) is 31.2. The van der Waals surface area contributed by atoms with E-state index in [1.165, 1.54) is 103 Å². The average Bonchev–Trinajstić information content (AvgIpc) is 3.61. The minimum absolute atomic E-state index is 0.474. The van der Waals surface area contributed by atoms with Crippen molar-refractivity contribution >= 4 is 0 Å². The Balaban J connectivity index is 0.804. The van der Waals surface area contributed by atoms with Crippen LogP contribution < -0.4 is 20.1 Å². The number of methoxy groups -OCH3 is 2. The van der Waals surface area contributed by atoms with Crippen molar-refractivity contribution in [3.05, 3.63) is 58.7 Å². The SMILES string of the molecule is COc1ccc2c(c1)CC[C@@H]1[C@@H]2CC[C@]2(C)[C@@H](NCCCCN[C@H]3CC[C@H]4[C@@H]5CCc6cc(OC)ccc6[C@H]5CC[C@]34C)CC[C@@H]12. The van der Waals surface area contributed by atoms with Gasteiger partial charge in [0, 0.05) is 12.1 Å². The fraction of sp³-hybridized carbons (Fsp3) is 0.714. The van der Waals surface area contributed by atoms with E-state index in [1.807, 2.05) is 0 Å². The summed E-state index contributed by atoms with van der Waals surface area (Å²) in [7, 11) is 3.59. The van der Waals surface area contributed by atoms with Gasteiger partial charge in [-0.2, -0.15) is 0 Å². The Kier molecular flexibility index (Phi) is 8.45. The number of unbranched alkanes of at least 4 members (excludes halogenated alkanes) is 1. The second-order valence-corrected chi connectivity index (χ2v) is 16.9. The second-order valence-electron chi connectivity index (χ2n) is 16.9. The Morgan fingerprint density at radius 3 is 1.50 bits per heavy atom. The molecule has 0 radical (unpaired) electrons. The number of rotatable bonds is 9. The van der Waals surface area contributed by atoms with Gasteiger partial charge in [0.05, 0.1) is 14.2 Å². The number of fused-ring (bicyclic) bond motifs is 10. The lowest BCUT2D eigenvalue weighted by Gasteiger charge is -2.51. The van der Waals surface area contributed by atoms with E-state index in [4.69, 9.17) is 9.47 Å². The van der Waals surface area contributed by atoms with Crippen molar-refractivity contribution in [3.8, 4) is 11.5 Å². The number of aryl methyl sites for hydroxylation is 2. The van der Waals surface area contributed by atoms with Crippen LogP contribution in [0.4, 0.5) is 0 Å². The quantitative estimate of drug-likeness (QED) is 0.274. The molecule has 4 nitrogen and oxygen atoms in total. The Labute approximate surface area is 279 Å².